The third-order valence-electron chi connectivity index (χ3n) is 0.496. The molecule has 36 valence electrons. The first kappa shape index (κ1) is 6.27. The Labute approximate surface area is 49.0 Å². The van der Waals surface area contributed by atoms with Crippen LogP contribution >= 0.6 is 8.19 Å². The van der Waals surface area contributed by atoms with E-state index >= 15 is 0 Å². The number of hydrogen-bond acceptors (Lipinski definition) is 0. The normalized spacial score (nSPS) is 6.67. The van der Waals surface area contributed by atoms with E-state index in [0.29, 0.717) is 0 Å². The molecule has 1 heterocycles. The molecule has 0 unspecified atom stereocenters. The van der Waals surface area contributed by atoms with Crippen LogP contribution in [-0.2, 0) is 16.5 Å². The molecule has 1 aromatic heterocycles. The fourth-order valence-electron chi connectivity index (χ4n) is 0.278. The topological polar surface area (TPSA) is 0 Å². The zero-order valence-electron chi connectivity index (χ0n) is 3.13. The van der Waals surface area contributed by atoms with Crippen molar-refractivity contribution in [3.63, 3.8) is 0 Å². The first-order chi connectivity index (χ1) is 2.50. The van der Waals surface area contributed by atoms with Gasteiger partial charge in [0.2, 0.25) is 0 Å². The third kappa shape index (κ3) is 1.65. The number of rotatable bonds is 0. The second-order valence-electron chi connectivity index (χ2n) is 0.885. The SMILES string of the molecule is [Ni].c1cc[pH]c1. The second-order valence-corrected chi connectivity index (χ2v) is 1.88. The third-order valence-corrected chi connectivity index (χ3v) is 1.27. The van der Waals surface area contributed by atoms with Crippen molar-refractivity contribution in [3.05, 3.63) is 23.7 Å². The van der Waals surface area contributed by atoms with Crippen LogP contribution in [0.3, 0.4) is 0 Å². The largest absolute Gasteiger partial charge is 0.140 e. The summed E-state index contributed by atoms with van der Waals surface area (Å²) in [5.41, 5.74) is 0. The molecule has 0 saturated carbocycles. The van der Waals surface area contributed by atoms with Gasteiger partial charge in [-0.25, -0.2) is 0 Å². The van der Waals surface area contributed by atoms with Crippen LogP contribution in [0.4, 0.5) is 0 Å². The minimum Gasteiger partial charge on any atom is -0.140 e. The van der Waals surface area contributed by atoms with Crippen molar-refractivity contribution in [1.29, 1.82) is 0 Å². The molecule has 1 aromatic rings. The number of hydrogen-bond donors (Lipinski definition) is 0. The van der Waals surface area contributed by atoms with Crippen LogP contribution in [0.5, 0.6) is 0 Å². The Bertz CT molecular complexity index is 64.0. The molecule has 0 saturated heterocycles. The van der Waals surface area contributed by atoms with Crippen LogP contribution in [0.15, 0.2) is 23.7 Å². The predicted octanol–water partition coefficient (Wildman–Crippen LogP) is 1.72. The summed E-state index contributed by atoms with van der Waals surface area (Å²) < 4.78 is 0. The van der Waals surface area contributed by atoms with Crippen LogP contribution in [0.2, 0.25) is 0 Å². The molecule has 1 rings (SSSR count). The van der Waals surface area contributed by atoms with E-state index < -0.39 is 0 Å². The van der Waals surface area contributed by atoms with Gasteiger partial charge in [-0.15, -0.1) is 8.19 Å². The Hall–Kier alpha value is 0.274. The quantitative estimate of drug-likeness (QED) is 0.484. The molecule has 0 atom stereocenters. The monoisotopic (exact) mass is 142 g/mol. The molecule has 0 aliphatic heterocycles. The van der Waals surface area contributed by atoms with Crippen LogP contribution in [0.25, 0.3) is 0 Å². The van der Waals surface area contributed by atoms with Gasteiger partial charge in [-0.05, 0) is 11.6 Å². The van der Waals surface area contributed by atoms with Gasteiger partial charge in [0, 0.05) is 16.5 Å². The molecule has 0 aliphatic rings. The molecule has 0 bridgehead atoms. The van der Waals surface area contributed by atoms with Crippen molar-refractivity contribution >= 4 is 8.19 Å². The molecule has 0 amide bonds. The Morgan fingerprint density at radius 3 is 1.67 bits per heavy atom. The predicted molar refractivity (Wildman–Crippen MR) is 25.9 cm³/mol. The molecule has 0 radical (unpaired) electrons. The van der Waals surface area contributed by atoms with E-state index in [1.54, 1.807) is 0 Å². The smallest absolute Gasteiger partial charge is 0 e. The molecule has 0 aliphatic carbocycles. The maximum absolute atomic E-state index is 2.15. The zero-order chi connectivity index (χ0) is 3.54. The molecular formula is C4H5NiP. The summed E-state index contributed by atoms with van der Waals surface area (Å²) in [4.78, 5) is 0. The summed E-state index contributed by atoms with van der Waals surface area (Å²) in [7, 11) is 0.948. The van der Waals surface area contributed by atoms with Gasteiger partial charge in [0.25, 0.3) is 0 Å². The van der Waals surface area contributed by atoms with Gasteiger partial charge >= 0.3 is 0 Å². The second kappa shape index (κ2) is 3.46. The van der Waals surface area contributed by atoms with Crippen molar-refractivity contribution in [2.24, 2.45) is 0 Å². The van der Waals surface area contributed by atoms with Gasteiger partial charge in [-0.2, -0.15) is 0 Å². The van der Waals surface area contributed by atoms with E-state index in [0.717, 1.165) is 8.19 Å². The molecule has 2 heteroatoms. The van der Waals surface area contributed by atoms with Crippen molar-refractivity contribution in [2.45, 2.75) is 0 Å². The van der Waals surface area contributed by atoms with Gasteiger partial charge in [-0.3, -0.25) is 0 Å². The van der Waals surface area contributed by atoms with Crippen molar-refractivity contribution in [2.75, 3.05) is 0 Å². The summed E-state index contributed by atoms with van der Waals surface area (Å²) in [6.45, 7) is 0. The summed E-state index contributed by atoms with van der Waals surface area (Å²) in [6, 6.07) is 4.14. The van der Waals surface area contributed by atoms with Gasteiger partial charge in [0.1, 0.15) is 0 Å². The van der Waals surface area contributed by atoms with Crippen molar-refractivity contribution < 1.29 is 16.5 Å². The van der Waals surface area contributed by atoms with Crippen molar-refractivity contribution in [3.8, 4) is 0 Å². The van der Waals surface area contributed by atoms with Gasteiger partial charge in [0.15, 0.2) is 0 Å². The van der Waals surface area contributed by atoms with Gasteiger partial charge in [0.05, 0.1) is 0 Å². The van der Waals surface area contributed by atoms with E-state index in [2.05, 4.69) is 23.7 Å². The van der Waals surface area contributed by atoms with Crippen LogP contribution in [0.1, 0.15) is 0 Å². The first-order valence-corrected chi connectivity index (χ1v) is 2.73. The first-order valence-electron chi connectivity index (χ1n) is 1.58. The average Bonchev–Trinajstić information content (AvgIpc) is 1.76. The fourth-order valence-corrected chi connectivity index (χ4v) is 0.833. The molecule has 0 nitrogen and oxygen atoms in total. The van der Waals surface area contributed by atoms with Gasteiger partial charge < -0.3 is 0 Å². The molecule has 0 N–H and O–H groups in total. The zero-order valence-corrected chi connectivity index (χ0v) is 5.11. The standard InChI is InChI=1S/C4H5P.Ni/c1-2-4-5-3-1;/h1-5H;. The van der Waals surface area contributed by atoms with E-state index in [-0.39, 0.29) is 16.5 Å². The summed E-state index contributed by atoms with van der Waals surface area (Å²) in [6.07, 6.45) is 0. The van der Waals surface area contributed by atoms with E-state index in [9.17, 15) is 0 Å². The maximum atomic E-state index is 2.15. The van der Waals surface area contributed by atoms with Crippen LogP contribution < -0.4 is 0 Å². The summed E-state index contributed by atoms with van der Waals surface area (Å²) in [5.74, 6) is 4.31. The van der Waals surface area contributed by atoms with E-state index in [4.69, 9.17) is 0 Å². The summed E-state index contributed by atoms with van der Waals surface area (Å²) >= 11 is 0. The molecule has 0 aromatic carbocycles. The molecule has 0 fully saturated rings. The fraction of sp³-hybridized carbons (Fsp3) is 0. The Morgan fingerprint density at radius 1 is 1.00 bits per heavy atom. The Balaban J connectivity index is 0.000000250. The van der Waals surface area contributed by atoms with Crippen LogP contribution in [-0.4, -0.2) is 0 Å². The minimum atomic E-state index is 0. The Morgan fingerprint density at radius 2 is 1.50 bits per heavy atom. The van der Waals surface area contributed by atoms with Gasteiger partial charge in [-0.1, -0.05) is 12.1 Å². The summed E-state index contributed by atoms with van der Waals surface area (Å²) in [5, 5.41) is 0. The molecular weight excluding hydrogens is 138 g/mol. The van der Waals surface area contributed by atoms with E-state index in [1.165, 1.54) is 0 Å². The maximum Gasteiger partial charge on any atom is 0 e. The Kier molecular flexibility index (Phi) is 3.62. The van der Waals surface area contributed by atoms with E-state index in [1.807, 2.05) is 0 Å². The van der Waals surface area contributed by atoms with Crippen molar-refractivity contribution in [1.82, 2.24) is 0 Å². The van der Waals surface area contributed by atoms with Crippen LogP contribution in [0, 0.1) is 0 Å². The molecule has 0 spiro atoms. The molecule has 6 heavy (non-hydrogen) atoms. The average molecular weight is 143 g/mol. The minimum absolute atomic E-state index is 0.